The minimum atomic E-state index is -0.0470. The lowest BCUT2D eigenvalue weighted by Crippen LogP contribution is -2.17. The summed E-state index contributed by atoms with van der Waals surface area (Å²) in [5.74, 6) is 0.920. The van der Waals surface area contributed by atoms with Crippen LogP contribution in [0.4, 0.5) is 5.69 Å². The van der Waals surface area contributed by atoms with Gasteiger partial charge in [-0.05, 0) is 31.2 Å². The van der Waals surface area contributed by atoms with Crippen molar-refractivity contribution in [2.45, 2.75) is 33.9 Å². The first kappa shape index (κ1) is 15.3. The second-order valence-electron chi connectivity index (χ2n) is 5.82. The fraction of sp³-hybridized carbons (Fsp3) is 0.353. The van der Waals surface area contributed by atoms with Crippen molar-refractivity contribution in [3.05, 3.63) is 42.5 Å². The Morgan fingerprint density at radius 3 is 2.83 bits per heavy atom. The van der Waals surface area contributed by atoms with E-state index in [1.54, 1.807) is 6.20 Å². The highest BCUT2D eigenvalue weighted by molar-refractivity contribution is 5.94. The predicted molar refractivity (Wildman–Crippen MR) is 90.2 cm³/mol. The molecule has 1 N–H and O–H groups in total. The number of imidazole rings is 1. The number of rotatable bonds is 5. The van der Waals surface area contributed by atoms with E-state index in [2.05, 4.69) is 21.9 Å². The van der Waals surface area contributed by atoms with Gasteiger partial charge in [0.1, 0.15) is 5.82 Å². The van der Waals surface area contributed by atoms with Gasteiger partial charge in [0, 0.05) is 30.5 Å². The van der Waals surface area contributed by atoms with Gasteiger partial charge in [-0.3, -0.25) is 9.48 Å². The van der Waals surface area contributed by atoms with Crippen LogP contribution in [0.25, 0.3) is 11.0 Å². The Balaban J connectivity index is 1.95. The van der Waals surface area contributed by atoms with E-state index in [1.807, 2.05) is 49.0 Å². The van der Waals surface area contributed by atoms with Crippen LogP contribution in [-0.2, 0) is 17.9 Å². The lowest BCUT2D eigenvalue weighted by Gasteiger charge is -2.08. The van der Waals surface area contributed by atoms with Crippen molar-refractivity contribution in [1.29, 1.82) is 0 Å². The number of aryl methyl sites for hydroxylation is 1. The molecule has 2 aromatic heterocycles. The SMILES string of the molecule is CCn1c(Cn2cccn2)nc2cc(NC(=O)C(C)C)ccc21. The molecule has 0 saturated carbocycles. The van der Waals surface area contributed by atoms with Gasteiger partial charge in [0.05, 0.1) is 17.6 Å². The van der Waals surface area contributed by atoms with Crippen LogP contribution in [0, 0.1) is 5.92 Å². The highest BCUT2D eigenvalue weighted by Gasteiger charge is 2.12. The number of benzene rings is 1. The maximum absolute atomic E-state index is 11.8. The molecule has 120 valence electrons. The third-order valence-electron chi connectivity index (χ3n) is 3.80. The highest BCUT2D eigenvalue weighted by Crippen LogP contribution is 2.21. The molecule has 23 heavy (non-hydrogen) atoms. The number of aromatic nitrogens is 4. The van der Waals surface area contributed by atoms with Gasteiger partial charge >= 0.3 is 0 Å². The maximum atomic E-state index is 11.8. The number of carbonyl (C=O) groups is 1. The average molecular weight is 311 g/mol. The molecule has 1 aromatic carbocycles. The van der Waals surface area contributed by atoms with E-state index in [0.29, 0.717) is 6.54 Å². The molecule has 0 radical (unpaired) electrons. The van der Waals surface area contributed by atoms with E-state index in [4.69, 9.17) is 4.98 Å². The van der Waals surface area contributed by atoms with E-state index >= 15 is 0 Å². The summed E-state index contributed by atoms with van der Waals surface area (Å²) in [4.78, 5) is 16.6. The standard InChI is InChI=1S/C17H21N5O/c1-4-22-15-7-6-13(19-17(23)12(2)3)10-14(15)20-16(22)11-21-9-5-8-18-21/h5-10,12H,4,11H2,1-3H3,(H,19,23). The second kappa shape index (κ2) is 6.24. The zero-order valence-electron chi connectivity index (χ0n) is 13.7. The van der Waals surface area contributed by atoms with Crippen molar-refractivity contribution in [1.82, 2.24) is 19.3 Å². The molecule has 0 aliphatic carbocycles. The largest absolute Gasteiger partial charge is 0.327 e. The van der Waals surface area contributed by atoms with E-state index in [1.165, 1.54) is 0 Å². The molecule has 2 heterocycles. The van der Waals surface area contributed by atoms with E-state index in [9.17, 15) is 4.79 Å². The minimum absolute atomic E-state index is 0.0102. The Morgan fingerprint density at radius 1 is 1.35 bits per heavy atom. The first-order valence-electron chi connectivity index (χ1n) is 7.86. The third kappa shape index (κ3) is 3.11. The topological polar surface area (TPSA) is 64.7 Å². The smallest absolute Gasteiger partial charge is 0.226 e. The van der Waals surface area contributed by atoms with Gasteiger partial charge in [-0.1, -0.05) is 13.8 Å². The van der Waals surface area contributed by atoms with E-state index < -0.39 is 0 Å². The summed E-state index contributed by atoms with van der Waals surface area (Å²) < 4.78 is 4.03. The van der Waals surface area contributed by atoms with Crippen molar-refractivity contribution in [2.24, 2.45) is 5.92 Å². The Morgan fingerprint density at radius 2 is 2.17 bits per heavy atom. The number of hydrogen-bond acceptors (Lipinski definition) is 3. The quantitative estimate of drug-likeness (QED) is 0.788. The molecule has 3 aromatic rings. The van der Waals surface area contributed by atoms with Crippen molar-refractivity contribution < 1.29 is 4.79 Å². The molecular weight excluding hydrogens is 290 g/mol. The number of nitrogens with zero attached hydrogens (tertiary/aromatic N) is 4. The normalized spacial score (nSPS) is 11.3. The molecule has 0 spiro atoms. The average Bonchev–Trinajstić information content (AvgIpc) is 3.14. The number of fused-ring (bicyclic) bond motifs is 1. The minimum Gasteiger partial charge on any atom is -0.327 e. The molecule has 6 heteroatoms. The summed E-state index contributed by atoms with van der Waals surface area (Å²) in [6, 6.07) is 7.76. The monoisotopic (exact) mass is 311 g/mol. The van der Waals surface area contributed by atoms with Gasteiger partial charge in [0.25, 0.3) is 0 Å². The molecule has 3 rings (SSSR count). The fourth-order valence-electron chi connectivity index (χ4n) is 2.56. The lowest BCUT2D eigenvalue weighted by atomic mass is 10.2. The number of anilines is 1. The first-order chi connectivity index (χ1) is 11.1. The molecule has 0 atom stereocenters. The summed E-state index contributed by atoms with van der Waals surface area (Å²) in [6.07, 6.45) is 3.69. The van der Waals surface area contributed by atoms with Crippen molar-refractivity contribution in [3.8, 4) is 0 Å². The molecule has 0 fully saturated rings. The predicted octanol–water partition coefficient (Wildman–Crippen LogP) is 2.90. The van der Waals surface area contributed by atoms with Gasteiger partial charge < -0.3 is 9.88 Å². The van der Waals surface area contributed by atoms with Gasteiger partial charge in [-0.2, -0.15) is 5.10 Å². The number of hydrogen-bond donors (Lipinski definition) is 1. The number of amides is 1. The Kier molecular flexibility index (Phi) is 4.14. The summed E-state index contributed by atoms with van der Waals surface area (Å²) in [5, 5.41) is 7.16. The second-order valence-corrected chi connectivity index (χ2v) is 5.82. The molecule has 0 saturated heterocycles. The molecule has 1 amide bonds. The van der Waals surface area contributed by atoms with E-state index in [0.717, 1.165) is 29.1 Å². The summed E-state index contributed by atoms with van der Waals surface area (Å²) >= 11 is 0. The van der Waals surface area contributed by atoms with Crippen LogP contribution in [0.5, 0.6) is 0 Å². The summed E-state index contributed by atoms with van der Waals surface area (Å²) in [6.45, 7) is 7.32. The van der Waals surface area contributed by atoms with Gasteiger partial charge in [-0.15, -0.1) is 0 Å². The number of carbonyl (C=O) groups excluding carboxylic acids is 1. The van der Waals surface area contributed by atoms with Crippen LogP contribution in [-0.4, -0.2) is 25.2 Å². The Labute approximate surface area is 135 Å². The molecular formula is C17H21N5O. The molecule has 6 nitrogen and oxygen atoms in total. The lowest BCUT2D eigenvalue weighted by molar-refractivity contribution is -0.118. The zero-order chi connectivity index (χ0) is 16.4. The zero-order valence-corrected chi connectivity index (χ0v) is 13.7. The van der Waals surface area contributed by atoms with Crippen LogP contribution >= 0.6 is 0 Å². The van der Waals surface area contributed by atoms with Crippen molar-refractivity contribution in [3.63, 3.8) is 0 Å². The highest BCUT2D eigenvalue weighted by atomic mass is 16.1. The van der Waals surface area contributed by atoms with Gasteiger partial charge in [0.2, 0.25) is 5.91 Å². The van der Waals surface area contributed by atoms with E-state index in [-0.39, 0.29) is 11.8 Å². The Bertz CT molecular complexity index is 817. The molecule has 0 aliphatic rings. The first-order valence-corrected chi connectivity index (χ1v) is 7.86. The Hall–Kier alpha value is -2.63. The van der Waals surface area contributed by atoms with Gasteiger partial charge in [-0.25, -0.2) is 4.98 Å². The van der Waals surface area contributed by atoms with Crippen LogP contribution in [0.3, 0.4) is 0 Å². The fourth-order valence-corrected chi connectivity index (χ4v) is 2.56. The van der Waals surface area contributed by atoms with Crippen molar-refractivity contribution >= 4 is 22.6 Å². The molecule has 0 bridgehead atoms. The van der Waals surface area contributed by atoms with Gasteiger partial charge in [0.15, 0.2) is 0 Å². The van der Waals surface area contributed by atoms with Crippen LogP contribution in [0.15, 0.2) is 36.7 Å². The summed E-state index contributed by atoms with van der Waals surface area (Å²) in [5.41, 5.74) is 2.73. The van der Waals surface area contributed by atoms with Crippen LogP contribution in [0.2, 0.25) is 0 Å². The van der Waals surface area contributed by atoms with Crippen LogP contribution < -0.4 is 5.32 Å². The third-order valence-corrected chi connectivity index (χ3v) is 3.80. The summed E-state index contributed by atoms with van der Waals surface area (Å²) in [7, 11) is 0. The maximum Gasteiger partial charge on any atom is 0.226 e. The molecule has 0 unspecified atom stereocenters. The van der Waals surface area contributed by atoms with Crippen molar-refractivity contribution in [2.75, 3.05) is 5.32 Å². The number of nitrogens with one attached hydrogen (secondary N) is 1. The molecule has 0 aliphatic heterocycles. The van der Waals surface area contributed by atoms with Crippen LogP contribution in [0.1, 0.15) is 26.6 Å².